The second kappa shape index (κ2) is 6.38. The Labute approximate surface area is 125 Å². The Morgan fingerprint density at radius 2 is 1.63 bits per heavy atom. The van der Waals surface area contributed by atoms with E-state index in [-0.39, 0.29) is 4.83 Å². The summed E-state index contributed by atoms with van der Waals surface area (Å²) in [5, 5.41) is 0. The molecule has 0 bridgehead atoms. The summed E-state index contributed by atoms with van der Waals surface area (Å²) < 4.78 is 0. The molecule has 0 saturated carbocycles. The molecule has 0 aliphatic carbocycles. The molecule has 0 spiro atoms. The summed E-state index contributed by atoms with van der Waals surface area (Å²) in [4.78, 5) is 0.278. The van der Waals surface area contributed by atoms with Crippen molar-refractivity contribution in [2.75, 3.05) is 0 Å². The smallest absolute Gasteiger partial charge is 0.0644 e. The van der Waals surface area contributed by atoms with Crippen LogP contribution in [0.15, 0.2) is 48.5 Å². The third kappa shape index (κ3) is 3.94. The Bertz CT molecular complexity index is 526. The maximum Gasteiger partial charge on any atom is 0.0644 e. The van der Waals surface area contributed by atoms with Gasteiger partial charge >= 0.3 is 0 Å². The normalized spacial score (nSPS) is 12.7. The first-order chi connectivity index (χ1) is 9.06. The first-order valence-electron chi connectivity index (χ1n) is 6.85. The van der Waals surface area contributed by atoms with Crippen molar-refractivity contribution in [1.82, 2.24) is 0 Å². The van der Waals surface area contributed by atoms with Gasteiger partial charge in [0.25, 0.3) is 0 Å². The lowest BCUT2D eigenvalue weighted by Crippen LogP contribution is -1.96. The molecule has 0 radical (unpaired) electrons. The van der Waals surface area contributed by atoms with Crippen LogP contribution in [0.4, 0.5) is 0 Å². The number of alkyl halides is 1. The molecule has 0 aromatic heterocycles. The summed E-state index contributed by atoms with van der Waals surface area (Å²) >= 11 is 3.80. The number of hydrogen-bond donors (Lipinski definition) is 0. The van der Waals surface area contributed by atoms with Gasteiger partial charge in [0, 0.05) is 0 Å². The van der Waals surface area contributed by atoms with Gasteiger partial charge in [0.05, 0.1) is 4.83 Å². The van der Waals surface area contributed by atoms with E-state index in [4.69, 9.17) is 0 Å². The zero-order valence-corrected chi connectivity index (χ0v) is 13.4. The van der Waals surface area contributed by atoms with E-state index in [2.05, 4.69) is 85.2 Å². The van der Waals surface area contributed by atoms with Gasteiger partial charge in [-0.05, 0) is 36.0 Å². The van der Waals surface area contributed by atoms with Gasteiger partial charge in [0.2, 0.25) is 0 Å². The monoisotopic (exact) mass is 316 g/mol. The number of halogens is 1. The van der Waals surface area contributed by atoms with Crippen LogP contribution >= 0.6 is 15.9 Å². The minimum Gasteiger partial charge on any atom is -0.0786 e. The van der Waals surface area contributed by atoms with Crippen molar-refractivity contribution in [3.05, 3.63) is 70.8 Å². The van der Waals surface area contributed by atoms with E-state index in [1.165, 1.54) is 22.3 Å². The minimum atomic E-state index is 0.278. The van der Waals surface area contributed by atoms with E-state index in [1.807, 2.05) is 0 Å². The Kier molecular flexibility index (Phi) is 4.81. The molecule has 2 aromatic carbocycles. The zero-order chi connectivity index (χ0) is 13.8. The van der Waals surface area contributed by atoms with Gasteiger partial charge in [-0.15, -0.1) is 0 Å². The molecule has 0 aliphatic heterocycles. The molecule has 0 amide bonds. The molecule has 2 aromatic rings. The molecular weight excluding hydrogens is 296 g/mol. The Hall–Kier alpha value is -1.08. The standard InChI is InChI=1S/C18H21Br/c1-13(2)11-15-7-9-16(10-8-15)18(19)17-6-4-5-14(3)12-17/h4-10,12-13,18H,11H2,1-3H3. The van der Waals surface area contributed by atoms with Crippen LogP contribution in [0.3, 0.4) is 0 Å². The molecule has 1 atom stereocenters. The van der Waals surface area contributed by atoms with Crippen LogP contribution in [0.2, 0.25) is 0 Å². The summed E-state index contributed by atoms with van der Waals surface area (Å²) in [6.45, 7) is 6.65. The Morgan fingerprint density at radius 1 is 0.947 bits per heavy atom. The predicted molar refractivity (Wildman–Crippen MR) is 86.9 cm³/mol. The highest BCUT2D eigenvalue weighted by molar-refractivity contribution is 9.09. The number of aryl methyl sites for hydroxylation is 1. The largest absolute Gasteiger partial charge is 0.0786 e. The van der Waals surface area contributed by atoms with Crippen LogP contribution in [-0.4, -0.2) is 0 Å². The van der Waals surface area contributed by atoms with Crippen molar-refractivity contribution in [2.45, 2.75) is 32.0 Å². The fourth-order valence-electron chi connectivity index (χ4n) is 2.31. The second-order valence-corrected chi connectivity index (χ2v) is 6.53. The molecule has 100 valence electrons. The van der Waals surface area contributed by atoms with Gasteiger partial charge < -0.3 is 0 Å². The lowest BCUT2D eigenvalue weighted by molar-refractivity contribution is 0.647. The van der Waals surface area contributed by atoms with Crippen LogP contribution in [-0.2, 0) is 6.42 Å². The Morgan fingerprint density at radius 3 is 2.21 bits per heavy atom. The number of benzene rings is 2. The quantitative estimate of drug-likeness (QED) is 0.637. The molecule has 0 nitrogen and oxygen atoms in total. The van der Waals surface area contributed by atoms with Crippen molar-refractivity contribution in [2.24, 2.45) is 5.92 Å². The minimum absolute atomic E-state index is 0.278. The van der Waals surface area contributed by atoms with Crippen LogP contribution in [0, 0.1) is 12.8 Å². The van der Waals surface area contributed by atoms with Crippen LogP contribution in [0.5, 0.6) is 0 Å². The average molecular weight is 317 g/mol. The summed E-state index contributed by atoms with van der Waals surface area (Å²) in [6.07, 6.45) is 1.15. The van der Waals surface area contributed by atoms with E-state index >= 15 is 0 Å². The number of rotatable bonds is 4. The van der Waals surface area contributed by atoms with Gasteiger partial charge in [-0.3, -0.25) is 0 Å². The SMILES string of the molecule is Cc1cccc(C(Br)c2ccc(CC(C)C)cc2)c1. The summed E-state index contributed by atoms with van der Waals surface area (Å²) in [5.74, 6) is 0.711. The fourth-order valence-corrected chi connectivity index (χ4v) is 2.90. The second-order valence-electron chi connectivity index (χ2n) is 5.62. The van der Waals surface area contributed by atoms with Crippen molar-refractivity contribution in [1.29, 1.82) is 0 Å². The van der Waals surface area contributed by atoms with Gasteiger partial charge in [-0.1, -0.05) is 83.9 Å². The molecule has 1 unspecified atom stereocenters. The van der Waals surface area contributed by atoms with E-state index < -0.39 is 0 Å². The first kappa shape index (κ1) is 14.3. The molecular formula is C18H21Br. The van der Waals surface area contributed by atoms with Crippen LogP contribution < -0.4 is 0 Å². The predicted octanol–water partition coefficient (Wildman–Crippen LogP) is 5.68. The highest BCUT2D eigenvalue weighted by Crippen LogP contribution is 2.31. The van der Waals surface area contributed by atoms with E-state index in [0.717, 1.165) is 6.42 Å². The van der Waals surface area contributed by atoms with Gasteiger partial charge in [0.1, 0.15) is 0 Å². The van der Waals surface area contributed by atoms with E-state index in [1.54, 1.807) is 0 Å². The molecule has 0 aliphatic rings. The van der Waals surface area contributed by atoms with Crippen molar-refractivity contribution >= 4 is 15.9 Å². The summed E-state index contributed by atoms with van der Waals surface area (Å²) in [7, 11) is 0. The van der Waals surface area contributed by atoms with Crippen molar-refractivity contribution in [3.63, 3.8) is 0 Å². The van der Waals surface area contributed by atoms with Crippen molar-refractivity contribution < 1.29 is 0 Å². The van der Waals surface area contributed by atoms with Gasteiger partial charge in [-0.25, -0.2) is 0 Å². The zero-order valence-electron chi connectivity index (χ0n) is 11.9. The third-order valence-corrected chi connectivity index (χ3v) is 4.31. The van der Waals surface area contributed by atoms with Crippen LogP contribution in [0.1, 0.15) is 40.9 Å². The fraction of sp³-hybridized carbons (Fsp3) is 0.333. The summed E-state index contributed by atoms with van der Waals surface area (Å²) in [5.41, 5.74) is 5.36. The molecule has 1 heteroatoms. The average Bonchev–Trinajstić information content (AvgIpc) is 2.38. The highest BCUT2D eigenvalue weighted by Gasteiger charge is 2.10. The van der Waals surface area contributed by atoms with E-state index in [0.29, 0.717) is 5.92 Å². The first-order valence-corrected chi connectivity index (χ1v) is 7.77. The molecule has 0 saturated heterocycles. The lowest BCUT2D eigenvalue weighted by atomic mass is 9.98. The van der Waals surface area contributed by atoms with Gasteiger partial charge in [-0.2, -0.15) is 0 Å². The lowest BCUT2D eigenvalue weighted by Gasteiger charge is -2.13. The highest BCUT2D eigenvalue weighted by atomic mass is 79.9. The Balaban J connectivity index is 2.17. The molecule has 0 fully saturated rings. The number of hydrogen-bond acceptors (Lipinski definition) is 0. The molecule has 0 N–H and O–H groups in total. The maximum atomic E-state index is 3.80. The third-order valence-electron chi connectivity index (χ3n) is 3.25. The maximum absolute atomic E-state index is 3.80. The summed E-state index contributed by atoms with van der Waals surface area (Å²) in [6, 6.07) is 17.6. The molecule has 2 rings (SSSR count). The van der Waals surface area contributed by atoms with Gasteiger partial charge in [0.15, 0.2) is 0 Å². The molecule has 19 heavy (non-hydrogen) atoms. The van der Waals surface area contributed by atoms with E-state index in [9.17, 15) is 0 Å². The topological polar surface area (TPSA) is 0 Å². The van der Waals surface area contributed by atoms with Crippen LogP contribution in [0.25, 0.3) is 0 Å². The molecule has 0 heterocycles. The van der Waals surface area contributed by atoms with Crippen molar-refractivity contribution in [3.8, 4) is 0 Å².